The summed E-state index contributed by atoms with van der Waals surface area (Å²) in [5, 5.41) is 0. The molecule has 0 aromatic carbocycles. The topological polar surface area (TPSA) is 26.3 Å². The number of esters is 1. The zero-order chi connectivity index (χ0) is 14.9. The molecule has 1 atom stereocenters. The first-order valence-electron chi connectivity index (χ1n) is 7.25. The Bertz CT molecular complexity index is 281. The van der Waals surface area contributed by atoms with Crippen molar-refractivity contribution in [2.24, 2.45) is 5.41 Å². The number of rotatable bonds is 10. The number of unbranched alkanes of at least 4 members (excludes halogenated alkanes) is 3. The monoisotopic (exact) mass is 332 g/mol. The van der Waals surface area contributed by atoms with Crippen LogP contribution in [0, 0.1) is 5.41 Å². The third kappa shape index (κ3) is 7.14. The normalized spacial score (nSPS) is 14.8. The van der Waals surface area contributed by atoms with E-state index in [1.54, 1.807) is 0 Å². The molecule has 0 fully saturated rings. The molecule has 0 aliphatic carbocycles. The third-order valence-corrected chi connectivity index (χ3v) is 5.04. The molecule has 19 heavy (non-hydrogen) atoms. The number of hydrogen-bond donors (Lipinski definition) is 0. The number of ether oxygens (including phenoxy) is 1. The number of alkyl halides is 1. The summed E-state index contributed by atoms with van der Waals surface area (Å²) >= 11 is 3.79. The molecular weight excluding hydrogens is 304 g/mol. The lowest BCUT2D eigenvalue weighted by Crippen LogP contribution is -2.37. The van der Waals surface area contributed by atoms with E-state index in [9.17, 15) is 4.79 Å². The molecule has 0 saturated carbocycles. The van der Waals surface area contributed by atoms with E-state index < -0.39 is 0 Å². The second-order valence-electron chi connectivity index (χ2n) is 5.97. The molecule has 3 heteroatoms. The van der Waals surface area contributed by atoms with Crippen LogP contribution in [0.15, 0.2) is 12.7 Å². The minimum atomic E-state index is -0.333. The minimum absolute atomic E-state index is 0.0345. The van der Waals surface area contributed by atoms with Crippen molar-refractivity contribution < 1.29 is 9.53 Å². The summed E-state index contributed by atoms with van der Waals surface area (Å²) in [6, 6.07) is 0. The fourth-order valence-corrected chi connectivity index (χ4v) is 2.49. The van der Waals surface area contributed by atoms with Crippen LogP contribution < -0.4 is 0 Å². The highest BCUT2D eigenvalue weighted by atomic mass is 79.9. The minimum Gasteiger partial charge on any atom is -0.463 e. The molecule has 0 aliphatic rings. The number of halogens is 1. The van der Waals surface area contributed by atoms with Gasteiger partial charge in [-0.05, 0) is 32.1 Å². The lowest BCUT2D eigenvalue weighted by Gasteiger charge is -2.40. The summed E-state index contributed by atoms with van der Waals surface area (Å²) < 4.78 is 5.17. The van der Waals surface area contributed by atoms with Gasteiger partial charge < -0.3 is 4.74 Å². The van der Waals surface area contributed by atoms with E-state index in [2.05, 4.69) is 50.2 Å². The van der Waals surface area contributed by atoms with E-state index >= 15 is 0 Å². The van der Waals surface area contributed by atoms with Crippen LogP contribution in [0.25, 0.3) is 0 Å². The van der Waals surface area contributed by atoms with Gasteiger partial charge in [0.25, 0.3) is 0 Å². The van der Waals surface area contributed by atoms with E-state index in [1.165, 1.54) is 31.8 Å². The summed E-state index contributed by atoms with van der Waals surface area (Å²) in [6.45, 7) is 12.8. The summed E-state index contributed by atoms with van der Waals surface area (Å²) in [4.78, 5) is 11.1. The molecule has 0 spiro atoms. The Morgan fingerprint density at radius 1 is 1.21 bits per heavy atom. The molecule has 0 rings (SSSR count). The van der Waals surface area contributed by atoms with Gasteiger partial charge in [-0.2, -0.15) is 0 Å². The van der Waals surface area contributed by atoms with Gasteiger partial charge in [-0.25, -0.2) is 4.79 Å². The summed E-state index contributed by atoms with van der Waals surface area (Å²) in [5.74, 6) is -0.333. The zero-order valence-corrected chi connectivity index (χ0v) is 14.5. The van der Waals surface area contributed by atoms with E-state index in [-0.39, 0.29) is 15.7 Å². The first kappa shape index (κ1) is 18.7. The van der Waals surface area contributed by atoms with E-state index in [0.717, 1.165) is 12.8 Å². The quantitative estimate of drug-likeness (QED) is 0.236. The Balaban J connectivity index is 4.35. The summed E-state index contributed by atoms with van der Waals surface area (Å²) in [5.41, 5.74) is 0.127. The zero-order valence-electron chi connectivity index (χ0n) is 12.9. The standard InChI is InChI=1S/C16H29BrO2/c1-6-8-9-10-11-16(5,15(3,4)17)12-13-19-14(18)7-2/h7H,2,6,8-13H2,1,3-5H3. The van der Waals surface area contributed by atoms with E-state index in [0.29, 0.717) is 6.61 Å². The van der Waals surface area contributed by atoms with Gasteiger partial charge in [0.1, 0.15) is 0 Å². The number of carbonyl (C=O) groups is 1. The highest BCUT2D eigenvalue weighted by Crippen LogP contribution is 2.45. The van der Waals surface area contributed by atoms with E-state index in [1.807, 2.05) is 0 Å². The Labute approximate surface area is 127 Å². The highest BCUT2D eigenvalue weighted by Gasteiger charge is 2.38. The van der Waals surface area contributed by atoms with Crippen LogP contribution in [0.5, 0.6) is 0 Å². The second-order valence-corrected chi connectivity index (χ2v) is 7.95. The van der Waals surface area contributed by atoms with Crippen molar-refractivity contribution in [1.29, 1.82) is 0 Å². The highest BCUT2D eigenvalue weighted by molar-refractivity contribution is 9.10. The maximum Gasteiger partial charge on any atom is 0.330 e. The van der Waals surface area contributed by atoms with Gasteiger partial charge in [-0.3, -0.25) is 0 Å². The van der Waals surface area contributed by atoms with Crippen LogP contribution in [0.3, 0.4) is 0 Å². The van der Waals surface area contributed by atoms with E-state index in [4.69, 9.17) is 4.74 Å². The van der Waals surface area contributed by atoms with Crippen LogP contribution in [0.4, 0.5) is 0 Å². The molecule has 0 bridgehead atoms. The molecule has 0 saturated heterocycles. The van der Waals surface area contributed by atoms with Crippen molar-refractivity contribution >= 4 is 21.9 Å². The van der Waals surface area contributed by atoms with Crippen LogP contribution in [0.1, 0.15) is 66.2 Å². The Morgan fingerprint density at radius 3 is 2.32 bits per heavy atom. The fourth-order valence-electron chi connectivity index (χ4n) is 2.10. The Morgan fingerprint density at radius 2 is 1.84 bits per heavy atom. The van der Waals surface area contributed by atoms with Crippen molar-refractivity contribution in [3.8, 4) is 0 Å². The first-order valence-corrected chi connectivity index (χ1v) is 8.04. The molecule has 0 N–H and O–H groups in total. The van der Waals surface area contributed by atoms with Crippen molar-refractivity contribution in [3.63, 3.8) is 0 Å². The van der Waals surface area contributed by atoms with Crippen LogP contribution in [-0.4, -0.2) is 16.9 Å². The maximum atomic E-state index is 11.1. The first-order chi connectivity index (χ1) is 8.77. The second kappa shape index (κ2) is 8.78. The van der Waals surface area contributed by atoms with Crippen LogP contribution >= 0.6 is 15.9 Å². The van der Waals surface area contributed by atoms with Crippen LogP contribution in [0.2, 0.25) is 0 Å². The van der Waals surface area contributed by atoms with Crippen molar-refractivity contribution in [2.45, 2.75) is 70.5 Å². The molecule has 2 nitrogen and oxygen atoms in total. The van der Waals surface area contributed by atoms with Crippen molar-refractivity contribution in [2.75, 3.05) is 6.61 Å². The smallest absolute Gasteiger partial charge is 0.330 e. The fraction of sp³-hybridized carbons (Fsp3) is 0.812. The maximum absolute atomic E-state index is 11.1. The van der Waals surface area contributed by atoms with Crippen LogP contribution in [-0.2, 0) is 9.53 Å². The molecule has 0 heterocycles. The van der Waals surface area contributed by atoms with Gasteiger partial charge in [0.15, 0.2) is 0 Å². The number of hydrogen-bond acceptors (Lipinski definition) is 2. The van der Waals surface area contributed by atoms with Gasteiger partial charge >= 0.3 is 5.97 Å². The molecule has 0 aromatic heterocycles. The molecule has 0 aliphatic heterocycles. The molecule has 1 unspecified atom stereocenters. The van der Waals surface area contributed by atoms with Crippen molar-refractivity contribution in [3.05, 3.63) is 12.7 Å². The van der Waals surface area contributed by atoms with Gasteiger partial charge in [0.2, 0.25) is 0 Å². The third-order valence-electron chi connectivity index (χ3n) is 4.08. The molecule has 0 amide bonds. The lowest BCUT2D eigenvalue weighted by molar-refractivity contribution is -0.138. The Hall–Kier alpha value is -0.310. The Kier molecular flexibility index (Phi) is 8.64. The van der Waals surface area contributed by atoms with Gasteiger partial charge in [-0.15, -0.1) is 0 Å². The predicted molar refractivity (Wildman–Crippen MR) is 85.6 cm³/mol. The van der Waals surface area contributed by atoms with Gasteiger partial charge in [0, 0.05) is 10.4 Å². The van der Waals surface area contributed by atoms with Gasteiger partial charge in [-0.1, -0.05) is 62.0 Å². The van der Waals surface area contributed by atoms with Gasteiger partial charge in [0.05, 0.1) is 6.61 Å². The summed E-state index contributed by atoms with van der Waals surface area (Å²) in [6.07, 6.45) is 8.30. The summed E-state index contributed by atoms with van der Waals surface area (Å²) in [7, 11) is 0. The largest absolute Gasteiger partial charge is 0.463 e. The number of carbonyl (C=O) groups excluding carboxylic acids is 1. The average Bonchev–Trinajstić information content (AvgIpc) is 2.33. The SMILES string of the molecule is C=CC(=O)OCCC(C)(CCCCCC)C(C)(C)Br. The molecule has 0 aromatic rings. The lowest BCUT2D eigenvalue weighted by atomic mass is 9.72. The molecule has 0 radical (unpaired) electrons. The average molecular weight is 333 g/mol. The molecule has 112 valence electrons. The molecular formula is C16H29BrO2. The van der Waals surface area contributed by atoms with Crippen molar-refractivity contribution in [1.82, 2.24) is 0 Å². The predicted octanol–water partition coefficient (Wildman–Crippen LogP) is 5.26.